The largest absolute Gasteiger partial charge is 0.496 e. The lowest BCUT2D eigenvalue weighted by Crippen LogP contribution is -2.00. The van der Waals surface area contributed by atoms with Gasteiger partial charge in [-0.05, 0) is 6.42 Å². The fourth-order valence-corrected chi connectivity index (χ4v) is 2.60. The van der Waals surface area contributed by atoms with E-state index in [1.165, 1.54) is 0 Å². The molecule has 112 valence electrons. The van der Waals surface area contributed by atoms with Gasteiger partial charge in [0, 0.05) is 21.9 Å². The number of rotatable bonds is 6. The highest BCUT2D eigenvalue weighted by atomic mass is 16.5. The predicted molar refractivity (Wildman–Crippen MR) is 86.9 cm³/mol. The normalized spacial score (nSPS) is 11.2. The summed E-state index contributed by atoms with van der Waals surface area (Å²) in [4.78, 5) is 0. The summed E-state index contributed by atoms with van der Waals surface area (Å²) in [5, 5.41) is 11.7. The summed E-state index contributed by atoms with van der Waals surface area (Å²) in [6.07, 6.45) is 6.19. The number of allylic oxidation sites excluding steroid dienone is 1. The highest BCUT2D eigenvalue weighted by molar-refractivity contribution is 5.98. The minimum Gasteiger partial charge on any atom is -0.496 e. The molecule has 0 heterocycles. The van der Waals surface area contributed by atoms with Gasteiger partial charge in [0.1, 0.15) is 11.5 Å². The van der Waals surface area contributed by atoms with Gasteiger partial charge in [0.25, 0.3) is 0 Å². The van der Waals surface area contributed by atoms with E-state index in [4.69, 9.17) is 9.47 Å². The van der Waals surface area contributed by atoms with Crippen LogP contribution in [0.3, 0.4) is 0 Å². The molecule has 0 radical (unpaired) electrons. The van der Waals surface area contributed by atoms with Gasteiger partial charge in [-0.3, -0.25) is 0 Å². The number of benzene rings is 2. The van der Waals surface area contributed by atoms with Crippen molar-refractivity contribution >= 4 is 16.8 Å². The average molecular weight is 286 g/mol. The second-order valence-electron chi connectivity index (χ2n) is 4.85. The van der Waals surface area contributed by atoms with Crippen LogP contribution in [0, 0.1) is 0 Å². The van der Waals surface area contributed by atoms with Crippen LogP contribution in [0.4, 0.5) is 0 Å². The number of aliphatic hydroxyl groups excluding tert-OH is 1. The van der Waals surface area contributed by atoms with Gasteiger partial charge in [-0.25, -0.2) is 0 Å². The first-order valence-corrected chi connectivity index (χ1v) is 7.21. The summed E-state index contributed by atoms with van der Waals surface area (Å²) in [6.45, 7) is 2.05. The van der Waals surface area contributed by atoms with E-state index in [0.717, 1.165) is 40.5 Å². The standard InChI is InChI=1S/C18H22O3/c1-4-5-6-9-15-16(12-19)18(21-3)14-11-8-7-10-13(14)17(15)20-2/h6-11,19H,4-5,12H2,1-3H3. The zero-order chi connectivity index (χ0) is 15.2. The molecule has 0 atom stereocenters. The Morgan fingerprint density at radius 3 is 2.19 bits per heavy atom. The molecule has 2 rings (SSSR count). The van der Waals surface area contributed by atoms with Gasteiger partial charge < -0.3 is 14.6 Å². The first kappa shape index (κ1) is 15.4. The van der Waals surface area contributed by atoms with Crippen molar-refractivity contribution in [3.8, 4) is 11.5 Å². The molecular formula is C18H22O3. The van der Waals surface area contributed by atoms with E-state index in [-0.39, 0.29) is 6.61 Å². The van der Waals surface area contributed by atoms with Gasteiger partial charge in [0.05, 0.1) is 20.8 Å². The number of hydrogen-bond donors (Lipinski definition) is 1. The summed E-state index contributed by atoms with van der Waals surface area (Å²) in [7, 11) is 3.29. The van der Waals surface area contributed by atoms with Gasteiger partial charge in [0.2, 0.25) is 0 Å². The lowest BCUT2D eigenvalue weighted by molar-refractivity contribution is 0.273. The Kier molecular flexibility index (Phi) is 5.23. The van der Waals surface area contributed by atoms with Crippen molar-refractivity contribution in [1.82, 2.24) is 0 Å². The van der Waals surface area contributed by atoms with Crippen LogP contribution in [-0.4, -0.2) is 19.3 Å². The van der Waals surface area contributed by atoms with Crippen LogP contribution in [0.1, 0.15) is 30.9 Å². The number of ether oxygens (including phenoxy) is 2. The highest BCUT2D eigenvalue weighted by Gasteiger charge is 2.18. The van der Waals surface area contributed by atoms with Gasteiger partial charge >= 0.3 is 0 Å². The molecular weight excluding hydrogens is 264 g/mol. The molecule has 3 nitrogen and oxygen atoms in total. The molecule has 0 aliphatic carbocycles. The van der Waals surface area contributed by atoms with E-state index in [1.54, 1.807) is 14.2 Å². The Morgan fingerprint density at radius 1 is 1.05 bits per heavy atom. The molecule has 21 heavy (non-hydrogen) atoms. The van der Waals surface area contributed by atoms with Crippen molar-refractivity contribution in [1.29, 1.82) is 0 Å². The molecule has 0 fully saturated rings. The molecule has 0 aliphatic heterocycles. The third kappa shape index (κ3) is 2.88. The quantitative estimate of drug-likeness (QED) is 0.866. The molecule has 0 saturated carbocycles. The zero-order valence-electron chi connectivity index (χ0n) is 12.8. The average Bonchev–Trinajstić information content (AvgIpc) is 2.53. The van der Waals surface area contributed by atoms with Crippen LogP contribution in [0.5, 0.6) is 11.5 Å². The Bertz CT molecular complexity index is 644. The van der Waals surface area contributed by atoms with Crippen molar-refractivity contribution in [3.63, 3.8) is 0 Å². The number of fused-ring (bicyclic) bond motifs is 1. The third-order valence-electron chi connectivity index (χ3n) is 3.57. The smallest absolute Gasteiger partial charge is 0.134 e. The van der Waals surface area contributed by atoms with Crippen molar-refractivity contribution in [2.75, 3.05) is 14.2 Å². The van der Waals surface area contributed by atoms with E-state index in [1.807, 2.05) is 30.3 Å². The zero-order valence-corrected chi connectivity index (χ0v) is 12.8. The van der Waals surface area contributed by atoms with E-state index < -0.39 is 0 Å². The maximum atomic E-state index is 9.80. The second-order valence-corrected chi connectivity index (χ2v) is 4.85. The maximum Gasteiger partial charge on any atom is 0.134 e. The Balaban J connectivity index is 2.79. The molecule has 0 saturated heterocycles. The van der Waals surface area contributed by atoms with Gasteiger partial charge in [-0.1, -0.05) is 49.8 Å². The fourth-order valence-electron chi connectivity index (χ4n) is 2.60. The van der Waals surface area contributed by atoms with Crippen LogP contribution >= 0.6 is 0 Å². The van der Waals surface area contributed by atoms with Crippen molar-refractivity contribution in [2.45, 2.75) is 26.4 Å². The Hall–Kier alpha value is -2.00. The molecule has 3 heteroatoms. The molecule has 1 N–H and O–H groups in total. The molecule has 0 aromatic heterocycles. The number of hydrogen-bond acceptors (Lipinski definition) is 3. The summed E-state index contributed by atoms with van der Waals surface area (Å²) in [5.74, 6) is 1.49. The third-order valence-corrected chi connectivity index (χ3v) is 3.57. The van der Waals surface area contributed by atoms with Crippen LogP contribution in [-0.2, 0) is 6.61 Å². The summed E-state index contributed by atoms with van der Waals surface area (Å²) in [6, 6.07) is 7.92. The molecule has 0 spiro atoms. The van der Waals surface area contributed by atoms with E-state index in [0.29, 0.717) is 5.75 Å². The van der Waals surface area contributed by atoms with Crippen LogP contribution < -0.4 is 9.47 Å². The first-order valence-electron chi connectivity index (χ1n) is 7.21. The molecule has 0 amide bonds. The maximum absolute atomic E-state index is 9.80. The number of methoxy groups -OCH3 is 2. The van der Waals surface area contributed by atoms with Gasteiger partial charge in [0.15, 0.2) is 0 Å². The molecule has 0 aliphatic rings. The first-order chi connectivity index (χ1) is 10.3. The summed E-state index contributed by atoms with van der Waals surface area (Å²) < 4.78 is 11.2. The minimum absolute atomic E-state index is 0.0871. The highest BCUT2D eigenvalue weighted by Crippen LogP contribution is 2.41. The monoisotopic (exact) mass is 286 g/mol. The van der Waals surface area contributed by atoms with E-state index in [9.17, 15) is 5.11 Å². The summed E-state index contributed by atoms with van der Waals surface area (Å²) >= 11 is 0. The molecule has 0 unspecified atom stereocenters. The topological polar surface area (TPSA) is 38.7 Å². The van der Waals surface area contributed by atoms with Gasteiger partial charge in [-0.2, -0.15) is 0 Å². The molecule has 2 aromatic carbocycles. The number of aliphatic hydroxyl groups is 1. The lowest BCUT2D eigenvalue weighted by Gasteiger charge is -2.18. The number of unbranched alkanes of at least 4 members (excludes halogenated alkanes) is 1. The predicted octanol–water partition coefficient (Wildman–Crippen LogP) is 4.16. The second kappa shape index (κ2) is 7.14. The fraction of sp³-hybridized carbons (Fsp3) is 0.333. The molecule has 2 aromatic rings. The van der Waals surface area contributed by atoms with Crippen LogP contribution in [0.2, 0.25) is 0 Å². The molecule has 0 bridgehead atoms. The van der Waals surface area contributed by atoms with Gasteiger partial charge in [-0.15, -0.1) is 0 Å². The van der Waals surface area contributed by atoms with Crippen molar-refractivity contribution in [3.05, 3.63) is 41.5 Å². The SMILES string of the molecule is CCCC=Cc1c(CO)c(OC)c2ccccc2c1OC. The lowest BCUT2D eigenvalue weighted by atomic mass is 9.97. The summed E-state index contributed by atoms with van der Waals surface area (Å²) in [5.41, 5.74) is 1.66. The van der Waals surface area contributed by atoms with Crippen molar-refractivity contribution in [2.24, 2.45) is 0 Å². The van der Waals surface area contributed by atoms with Crippen molar-refractivity contribution < 1.29 is 14.6 Å². The van der Waals surface area contributed by atoms with E-state index in [2.05, 4.69) is 13.0 Å². The van der Waals surface area contributed by atoms with Crippen LogP contribution in [0.15, 0.2) is 30.3 Å². The Morgan fingerprint density at radius 2 is 1.67 bits per heavy atom. The van der Waals surface area contributed by atoms with Crippen LogP contribution in [0.25, 0.3) is 16.8 Å². The Labute approximate surface area is 125 Å². The van der Waals surface area contributed by atoms with E-state index >= 15 is 0 Å². The minimum atomic E-state index is -0.0871.